The fraction of sp³-hybridized carbons (Fsp3) is 0.583. The summed E-state index contributed by atoms with van der Waals surface area (Å²) in [5.41, 5.74) is 1.38. The SMILES string of the molecule is CC#CCNC(=O)COCCOC(SSC(C)C)c1ccc(C(=O)NCCNC(C)C)cc1. The van der Waals surface area contributed by atoms with E-state index in [1.807, 2.05) is 24.3 Å². The second-order valence-electron chi connectivity index (χ2n) is 7.69. The van der Waals surface area contributed by atoms with E-state index in [9.17, 15) is 9.59 Å². The average molecular weight is 496 g/mol. The van der Waals surface area contributed by atoms with Crippen LogP contribution in [0.15, 0.2) is 24.3 Å². The van der Waals surface area contributed by atoms with E-state index in [2.05, 4.69) is 55.5 Å². The van der Waals surface area contributed by atoms with Gasteiger partial charge in [-0.25, -0.2) is 0 Å². The number of rotatable bonds is 16. The van der Waals surface area contributed by atoms with Crippen molar-refractivity contribution in [3.63, 3.8) is 0 Å². The lowest BCUT2D eigenvalue weighted by Gasteiger charge is -2.19. The normalized spacial score (nSPS) is 11.7. The second kappa shape index (κ2) is 17.7. The summed E-state index contributed by atoms with van der Waals surface area (Å²) in [5, 5.41) is 9.29. The molecule has 184 valence electrons. The van der Waals surface area contributed by atoms with Crippen molar-refractivity contribution in [3.8, 4) is 11.8 Å². The Kier molecular flexibility index (Phi) is 15.8. The number of carbonyl (C=O) groups excluding carboxylic acids is 2. The van der Waals surface area contributed by atoms with Crippen LogP contribution in [0.1, 0.15) is 56.0 Å². The zero-order valence-corrected chi connectivity index (χ0v) is 21.9. The van der Waals surface area contributed by atoms with Gasteiger partial charge in [0.2, 0.25) is 5.91 Å². The highest BCUT2D eigenvalue weighted by atomic mass is 33.1. The predicted molar refractivity (Wildman–Crippen MR) is 138 cm³/mol. The van der Waals surface area contributed by atoms with Crippen LogP contribution in [0.3, 0.4) is 0 Å². The van der Waals surface area contributed by atoms with Crippen LogP contribution in [0.2, 0.25) is 0 Å². The molecule has 0 aliphatic carbocycles. The standard InChI is InChI=1S/C24H37N3O4S2/c1-6-7-12-26-22(28)17-30-15-16-31-24(33-32-19(4)5)21-10-8-20(9-11-21)23(29)27-14-13-25-18(2)3/h8-11,18-19,24-25H,12-17H2,1-5H3,(H,26,28)(H,27,29). The molecule has 0 radical (unpaired) electrons. The van der Waals surface area contributed by atoms with Crippen LogP contribution in [0, 0.1) is 11.8 Å². The summed E-state index contributed by atoms with van der Waals surface area (Å²) in [6, 6.07) is 7.86. The maximum atomic E-state index is 12.3. The molecule has 7 nitrogen and oxygen atoms in total. The Morgan fingerprint density at radius 1 is 1.00 bits per heavy atom. The highest BCUT2D eigenvalue weighted by molar-refractivity contribution is 8.76. The smallest absolute Gasteiger partial charge is 0.251 e. The van der Waals surface area contributed by atoms with Crippen LogP contribution in [-0.2, 0) is 14.3 Å². The van der Waals surface area contributed by atoms with Gasteiger partial charge in [0.15, 0.2) is 0 Å². The first-order chi connectivity index (χ1) is 15.8. The Bertz CT molecular complexity index is 761. The van der Waals surface area contributed by atoms with Crippen LogP contribution < -0.4 is 16.0 Å². The number of hydrogen-bond donors (Lipinski definition) is 3. The molecule has 0 fully saturated rings. The van der Waals surface area contributed by atoms with Crippen molar-refractivity contribution < 1.29 is 19.1 Å². The lowest BCUT2D eigenvalue weighted by atomic mass is 10.1. The van der Waals surface area contributed by atoms with E-state index in [0.717, 1.165) is 12.1 Å². The molecule has 0 aliphatic rings. The van der Waals surface area contributed by atoms with Crippen LogP contribution in [0.5, 0.6) is 0 Å². The summed E-state index contributed by atoms with van der Waals surface area (Å²) in [7, 11) is 3.36. The van der Waals surface area contributed by atoms with Gasteiger partial charge >= 0.3 is 0 Å². The van der Waals surface area contributed by atoms with Crippen molar-refractivity contribution in [2.75, 3.05) is 39.5 Å². The minimum Gasteiger partial charge on any atom is -0.369 e. The molecular formula is C24H37N3O4S2. The van der Waals surface area contributed by atoms with Crippen LogP contribution in [-0.4, -0.2) is 62.6 Å². The average Bonchev–Trinajstić information content (AvgIpc) is 2.78. The minimum absolute atomic E-state index is 0.0240. The van der Waals surface area contributed by atoms with Gasteiger partial charge < -0.3 is 25.4 Å². The first kappa shape index (κ1) is 29.3. The number of benzene rings is 1. The molecule has 1 rings (SSSR count). The molecule has 1 aromatic rings. The fourth-order valence-corrected chi connectivity index (χ4v) is 4.65. The van der Waals surface area contributed by atoms with E-state index in [1.165, 1.54) is 0 Å². The third kappa shape index (κ3) is 14.2. The van der Waals surface area contributed by atoms with Crippen LogP contribution in [0.25, 0.3) is 0 Å². The Labute approximate surface area is 206 Å². The van der Waals surface area contributed by atoms with Crippen molar-refractivity contribution in [2.45, 2.75) is 51.3 Å². The molecule has 0 aliphatic heterocycles. The number of carbonyl (C=O) groups is 2. The predicted octanol–water partition coefficient (Wildman–Crippen LogP) is 3.38. The monoisotopic (exact) mass is 495 g/mol. The molecule has 0 bridgehead atoms. The van der Waals surface area contributed by atoms with E-state index in [-0.39, 0.29) is 23.9 Å². The summed E-state index contributed by atoms with van der Waals surface area (Å²) < 4.78 is 11.4. The van der Waals surface area contributed by atoms with Gasteiger partial charge in [0, 0.05) is 29.9 Å². The van der Waals surface area contributed by atoms with E-state index in [4.69, 9.17) is 9.47 Å². The zero-order valence-electron chi connectivity index (χ0n) is 20.2. The van der Waals surface area contributed by atoms with Gasteiger partial charge in [-0.15, -0.1) is 5.92 Å². The van der Waals surface area contributed by atoms with E-state index < -0.39 is 0 Å². The molecule has 0 saturated heterocycles. The van der Waals surface area contributed by atoms with Gasteiger partial charge in [0.1, 0.15) is 12.0 Å². The summed E-state index contributed by atoms with van der Waals surface area (Å²) in [6.45, 7) is 12.4. The molecule has 0 aromatic heterocycles. The first-order valence-corrected chi connectivity index (χ1v) is 13.4. The lowest BCUT2D eigenvalue weighted by molar-refractivity contribution is -0.126. The van der Waals surface area contributed by atoms with Crippen molar-refractivity contribution in [1.29, 1.82) is 0 Å². The zero-order chi connectivity index (χ0) is 24.5. The number of amides is 2. The van der Waals surface area contributed by atoms with Gasteiger partial charge in [0.05, 0.1) is 19.8 Å². The maximum Gasteiger partial charge on any atom is 0.251 e. The van der Waals surface area contributed by atoms with Crippen LogP contribution in [0.4, 0.5) is 0 Å². The van der Waals surface area contributed by atoms with E-state index in [1.54, 1.807) is 28.5 Å². The van der Waals surface area contributed by atoms with Crippen molar-refractivity contribution >= 4 is 33.4 Å². The minimum atomic E-state index is -0.206. The number of hydrogen-bond acceptors (Lipinski definition) is 7. The summed E-state index contributed by atoms with van der Waals surface area (Å²) >= 11 is 0. The highest BCUT2D eigenvalue weighted by Gasteiger charge is 2.16. The summed E-state index contributed by atoms with van der Waals surface area (Å²) in [4.78, 5) is 24.0. The van der Waals surface area contributed by atoms with Gasteiger partial charge in [-0.3, -0.25) is 9.59 Å². The number of nitrogens with one attached hydrogen (secondary N) is 3. The highest BCUT2D eigenvalue weighted by Crippen LogP contribution is 2.41. The van der Waals surface area contributed by atoms with Gasteiger partial charge in [0.25, 0.3) is 5.91 Å². The molecule has 0 heterocycles. The molecule has 9 heteroatoms. The topological polar surface area (TPSA) is 88.7 Å². The Hall–Kier alpha value is -1.70. The lowest BCUT2D eigenvalue weighted by Crippen LogP contribution is -2.34. The molecular weight excluding hydrogens is 458 g/mol. The molecule has 0 saturated carbocycles. The largest absolute Gasteiger partial charge is 0.369 e. The fourth-order valence-electron chi connectivity index (χ4n) is 2.43. The van der Waals surface area contributed by atoms with Crippen molar-refractivity contribution in [3.05, 3.63) is 35.4 Å². The molecule has 33 heavy (non-hydrogen) atoms. The first-order valence-electron chi connectivity index (χ1n) is 11.1. The van der Waals surface area contributed by atoms with E-state index in [0.29, 0.717) is 43.2 Å². The molecule has 1 aromatic carbocycles. The van der Waals surface area contributed by atoms with E-state index >= 15 is 0 Å². The molecule has 1 unspecified atom stereocenters. The van der Waals surface area contributed by atoms with Gasteiger partial charge in [-0.1, -0.05) is 67.3 Å². The van der Waals surface area contributed by atoms with Crippen molar-refractivity contribution in [2.24, 2.45) is 0 Å². The molecule has 0 spiro atoms. The molecule has 1 atom stereocenters. The number of ether oxygens (including phenoxy) is 2. The summed E-state index contributed by atoms with van der Waals surface area (Å²) in [6.07, 6.45) is 0. The Balaban J connectivity index is 2.52. The Morgan fingerprint density at radius 3 is 2.36 bits per heavy atom. The molecule has 2 amide bonds. The summed E-state index contributed by atoms with van der Waals surface area (Å²) in [5.74, 6) is 5.19. The van der Waals surface area contributed by atoms with Gasteiger partial charge in [-0.05, 0) is 24.6 Å². The maximum absolute atomic E-state index is 12.3. The quantitative estimate of drug-likeness (QED) is 0.140. The second-order valence-corrected chi connectivity index (χ2v) is 10.6. The van der Waals surface area contributed by atoms with Gasteiger partial charge in [-0.2, -0.15) is 0 Å². The van der Waals surface area contributed by atoms with Crippen LogP contribution >= 0.6 is 21.6 Å². The third-order valence-electron chi connectivity index (χ3n) is 4.02. The Morgan fingerprint density at radius 2 is 1.73 bits per heavy atom. The van der Waals surface area contributed by atoms with Crippen molar-refractivity contribution in [1.82, 2.24) is 16.0 Å². The third-order valence-corrected chi connectivity index (χ3v) is 7.12. The molecule has 3 N–H and O–H groups in total.